The minimum Gasteiger partial charge on any atom is -0.493 e. The summed E-state index contributed by atoms with van der Waals surface area (Å²) < 4.78 is 11.5. The topological polar surface area (TPSA) is 75.9 Å². The fourth-order valence-electron chi connectivity index (χ4n) is 4.35. The summed E-state index contributed by atoms with van der Waals surface area (Å²) >= 11 is 0. The molecule has 0 saturated heterocycles. The third-order valence-corrected chi connectivity index (χ3v) is 6.25. The number of aliphatic imine (C=N–C) groups is 1. The minimum absolute atomic E-state index is 0. The maximum absolute atomic E-state index is 11.1. The highest BCUT2D eigenvalue weighted by atomic mass is 35.5. The number of ether oxygens (including phenoxy) is 1. The zero-order chi connectivity index (χ0) is 23.0. The number of hydrogen-bond acceptors (Lipinski definition) is 4. The van der Waals surface area contributed by atoms with E-state index < -0.39 is 0 Å². The van der Waals surface area contributed by atoms with Crippen LogP contribution < -0.4 is 15.4 Å². The van der Waals surface area contributed by atoms with E-state index in [4.69, 9.17) is 9.15 Å². The molecule has 7 heteroatoms. The highest BCUT2D eigenvalue weighted by molar-refractivity contribution is 6.09. The Labute approximate surface area is 207 Å². The molecule has 34 heavy (non-hydrogen) atoms. The third kappa shape index (κ3) is 7.00. The largest absolute Gasteiger partial charge is 0.493 e. The Morgan fingerprint density at radius 1 is 1.06 bits per heavy atom. The second-order valence-electron chi connectivity index (χ2n) is 8.78. The van der Waals surface area contributed by atoms with Gasteiger partial charge in [0.2, 0.25) is 5.91 Å². The van der Waals surface area contributed by atoms with E-state index >= 15 is 0 Å². The molecule has 0 atom stereocenters. The molecule has 0 unspecified atom stereocenters. The third-order valence-electron chi connectivity index (χ3n) is 6.25. The van der Waals surface area contributed by atoms with E-state index in [2.05, 4.69) is 21.7 Å². The molecule has 1 fully saturated rings. The molecule has 1 aliphatic rings. The molecule has 182 valence electrons. The van der Waals surface area contributed by atoms with Crippen molar-refractivity contribution in [2.75, 3.05) is 25.0 Å². The summed E-state index contributed by atoms with van der Waals surface area (Å²) in [4.78, 5) is 15.7. The number of benzene rings is 2. The normalized spacial score (nSPS) is 18.2. The number of rotatable bonds is 8. The SMILES string of the molecule is CCN=C(Nc1ccc(OCC2CCC(CNC(C)=O)CC2)cc1)c1ccc2occc2c1.Cl. The van der Waals surface area contributed by atoms with Gasteiger partial charge in [-0.15, -0.1) is 12.4 Å². The molecule has 0 spiro atoms. The van der Waals surface area contributed by atoms with Crippen LogP contribution in [0, 0.1) is 11.8 Å². The number of hydrogen-bond donors (Lipinski definition) is 2. The smallest absolute Gasteiger partial charge is 0.216 e. The van der Waals surface area contributed by atoms with E-state index in [1.807, 2.05) is 49.4 Å². The molecule has 3 aromatic rings. The van der Waals surface area contributed by atoms with E-state index in [0.717, 1.165) is 72.6 Å². The summed E-state index contributed by atoms with van der Waals surface area (Å²) in [6.07, 6.45) is 6.32. The van der Waals surface area contributed by atoms with Crippen LogP contribution in [0.15, 0.2) is 64.2 Å². The van der Waals surface area contributed by atoms with Crippen LogP contribution in [-0.4, -0.2) is 31.4 Å². The molecular formula is C27H34ClN3O3. The van der Waals surface area contributed by atoms with Crippen molar-refractivity contribution in [2.45, 2.75) is 39.5 Å². The molecule has 2 aromatic carbocycles. The van der Waals surface area contributed by atoms with Crippen LogP contribution >= 0.6 is 12.4 Å². The fraction of sp³-hybridized carbons (Fsp3) is 0.407. The molecule has 1 heterocycles. The van der Waals surface area contributed by atoms with E-state index in [1.165, 1.54) is 0 Å². The highest BCUT2D eigenvalue weighted by Crippen LogP contribution is 2.29. The maximum Gasteiger partial charge on any atom is 0.216 e. The summed E-state index contributed by atoms with van der Waals surface area (Å²) in [5.74, 6) is 2.96. The lowest BCUT2D eigenvalue weighted by molar-refractivity contribution is -0.119. The van der Waals surface area contributed by atoms with Gasteiger partial charge in [-0.25, -0.2) is 0 Å². The van der Waals surface area contributed by atoms with Crippen molar-refractivity contribution >= 4 is 40.8 Å². The van der Waals surface area contributed by atoms with Gasteiger partial charge in [0, 0.05) is 36.7 Å². The van der Waals surface area contributed by atoms with Gasteiger partial charge in [0.15, 0.2) is 0 Å². The average molecular weight is 484 g/mol. The number of nitrogens with one attached hydrogen (secondary N) is 2. The van der Waals surface area contributed by atoms with Gasteiger partial charge in [-0.05, 0) is 93.0 Å². The summed E-state index contributed by atoms with van der Waals surface area (Å²) in [5, 5.41) is 7.45. The van der Waals surface area contributed by atoms with Crippen molar-refractivity contribution in [1.82, 2.24) is 5.32 Å². The lowest BCUT2D eigenvalue weighted by Crippen LogP contribution is -2.30. The number of amides is 1. The quantitative estimate of drug-likeness (QED) is 0.302. The predicted octanol–water partition coefficient (Wildman–Crippen LogP) is 6.05. The highest BCUT2D eigenvalue weighted by Gasteiger charge is 2.21. The Morgan fingerprint density at radius 3 is 2.50 bits per heavy atom. The van der Waals surface area contributed by atoms with Crippen molar-refractivity contribution in [1.29, 1.82) is 0 Å². The van der Waals surface area contributed by atoms with Gasteiger partial charge in [-0.3, -0.25) is 9.79 Å². The Hall–Kier alpha value is -2.99. The number of anilines is 1. The van der Waals surface area contributed by atoms with Gasteiger partial charge in [0.1, 0.15) is 17.2 Å². The summed E-state index contributed by atoms with van der Waals surface area (Å²) in [5.41, 5.74) is 2.87. The van der Waals surface area contributed by atoms with Crippen molar-refractivity contribution in [2.24, 2.45) is 16.8 Å². The van der Waals surface area contributed by atoms with Gasteiger partial charge < -0.3 is 19.8 Å². The first-order valence-corrected chi connectivity index (χ1v) is 11.9. The monoisotopic (exact) mass is 483 g/mol. The van der Waals surface area contributed by atoms with Gasteiger partial charge in [-0.2, -0.15) is 0 Å². The Bertz CT molecular complexity index is 1090. The molecule has 0 aliphatic heterocycles. The average Bonchev–Trinajstić information content (AvgIpc) is 3.30. The van der Waals surface area contributed by atoms with Crippen molar-refractivity contribution < 1.29 is 13.9 Å². The number of furan rings is 1. The summed E-state index contributed by atoms with van der Waals surface area (Å²) in [6, 6.07) is 16.1. The Balaban J connectivity index is 0.00000324. The number of carbonyl (C=O) groups is 1. The van der Waals surface area contributed by atoms with Crippen molar-refractivity contribution in [3.63, 3.8) is 0 Å². The molecular weight excluding hydrogens is 450 g/mol. The Morgan fingerprint density at radius 2 is 1.79 bits per heavy atom. The molecule has 6 nitrogen and oxygen atoms in total. The van der Waals surface area contributed by atoms with E-state index in [1.54, 1.807) is 13.2 Å². The van der Waals surface area contributed by atoms with Crippen molar-refractivity contribution in [3.05, 3.63) is 60.4 Å². The van der Waals surface area contributed by atoms with Gasteiger partial charge in [-0.1, -0.05) is 0 Å². The maximum atomic E-state index is 11.1. The number of carbonyl (C=O) groups excluding carboxylic acids is 1. The lowest BCUT2D eigenvalue weighted by Gasteiger charge is -2.28. The van der Waals surface area contributed by atoms with Gasteiger partial charge in [0.25, 0.3) is 0 Å². The zero-order valence-corrected chi connectivity index (χ0v) is 20.7. The van der Waals surface area contributed by atoms with Crippen LogP contribution in [0.1, 0.15) is 45.1 Å². The van der Waals surface area contributed by atoms with Gasteiger partial charge in [0.05, 0.1) is 12.9 Å². The number of halogens is 1. The second kappa shape index (κ2) is 12.5. The first kappa shape index (κ1) is 25.6. The van der Waals surface area contributed by atoms with E-state index in [0.29, 0.717) is 18.4 Å². The second-order valence-corrected chi connectivity index (χ2v) is 8.78. The standard InChI is InChI=1S/C27H33N3O3.ClH/c1-3-28-27(23-8-13-26-22(16-23)14-15-32-26)30-24-9-11-25(12-10-24)33-18-21-6-4-20(5-7-21)17-29-19(2)31;/h8-16,20-21H,3-7,17-18H2,1-2H3,(H,28,30)(H,29,31);1H. The molecule has 1 aliphatic carbocycles. The number of nitrogens with zero attached hydrogens (tertiary/aromatic N) is 1. The minimum atomic E-state index is 0. The van der Waals surface area contributed by atoms with E-state index in [-0.39, 0.29) is 18.3 Å². The summed E-state index contributed by atoms with van der Waals surface area (Å²) in [6.45, 7) is 5.85. The summed E-state index contributed by atoms with van der Waals surface area (Å²) in [7, 11) is 0. The molecule has 1 aromatic heterocycles. The molecule has 1 saturated carbocycles. The lowest BCUT2D eigenvalue weighted by atomic mass is 9.82. The van der Waals surface area contributed by atoms with Crippen LogP contribution in [0.2, 0.25) is 0 Å². The fourth-order valence-corrected chi connectivity index (χ4v) is 4.35. The van der Waals surface area contributed by atoms with Crippen LogP contribution in [0.5, 0.6) is 5.75 Å². The Kier molecular flexibility index (Phi) is 9.40. The van der Waals surface area contributed by atoms with Crippen LogP contribution in [0.3, 0.4) is 0 Å². The van der Waals surface area contributed by atoms with Crippen LogP contribution in [0.4, 0.5) is 5.69 Å². The van der Waals surface area contributed by atoms with Crippen molar-refractivity contribution in [3.8, 4) is 5.75 Å². The molecule has 1 amide bonds. The number of fused-ring (bicyclic) bond motifs is 1. The van der Waals surface area contributed by atoms with Gasteiger partial charge >= 0.3 is 0 Å². The van der Waals surface area contributed by atoms with Crippen LogP contribution in [-0.2, 0) is 4.79 Å². The zero-order valence-electron chi connectivity index (χ0n) is 19.9. The molecule has 0 bridgehead atoms. The predicted molar refractivity (Wildman–Crippen MR) is 140 cm³/mol. The first-order valence-electron chi connectivity index (χ1n) is 11.9. The molecule has 2 N–H and O–H groups in total. The molecule has 4 rings (SSSR count). The molecule has 0 radical (unpaired) electrons. The first-order chi connectivity index (χ1) is 16.1. The van der Waals surface area contributed by atoms with Crippen LogP contribution in [0.25, 0.3) is 11.0 Å². The number of amidine groups is 1. The van der Waals surface area contributed by atoms with E-state index in [9.17, 15) is 4.79 Å².